The molecule has 0 amide bonds. The van der Waals surface area contributed by atoms with E-state index >= 15 is 0 Å². The Bertz CT molecular complexity index is 351. The van der Waals surface area contributed by atoms with E-state index in [1.165, 1.54) is 19.2 Å². The normalized spacial score (nSPS) is 17.1. The molecule has 88 valence electrons. The first kappa shape index (κ1) is 11.2. The van der Waals surface area contributed by atoms with Crippen molar-refractivity contribution < 1.29 is 13.9 Å². The van der Waals surface area contributed by atoms with Gasteiger partial charge in [0, 0.05) is 6.07 Å². The standard InChI is InChI=1S/C12H16FNO2/c1-15-12-8-9(13)2-3-11(12)16-10-4-6-14-7-5-10/h2-3,8,10,14H,4-7H2,1H3. The van der Waals surface area contributed by atoms with Gasteiger partial charge >= 0.3 is 0 Å². The van der Waals surface area contributed by atoms with Gasteiger partial charge in [0.15, 0.2) is 11.5 Å². The second kappa shape index (κ2) is 5.16. The zero-order chi connectivity index (χ0) is 11.4. The van der Waals surface area contributed by atoms with Crippen LogP contribution in [0, 0.1) is 5.82 Å². The molecule has 0 aliphatic carbocycles. The number of hydrogen-bond acceptors (Lipinski definition) is 3. The molecule has 0 unspecified atom stereocenters. The summed E-state index contributed by atoms with van der Waals surface area (Å²) in [4.78, 5) is 0. The molecule has 1 aliphatic heterocycles. The van der Waals surface area contributed by atoms with Gasteiger partial charge in [0.2, 0.25) is 0 Å². The largest absolute Gasteiger partial charge is 0.493 e. The van der Waals surface area contributed by atoms with Gasteiger partial charge in [0.25, 0.3) is 0 Å². The molecular formula is C12H16FNO2. The van der Waals surface area contributed by atoms with Crippen LogP contribution in [0.4, 0.5) is 4.39 Å². The van der Waals surface area contributed by atoms with Crippen LogP contribution in [-0.2, 0) is 0 Å². The average molecular weight is 225 g/mol. The SMILES string of the molecule is COc1cc(F)ccc1OC1CCNCC1. The Labute approximate surface area is 94.6 Å². The smallest absolute Gasteiger partial charge is 0.163 e. The maximum absolute atomic E-state index is 13.0. The summed E-state index contributed by atoms with van der Waals surface area (Å²) in [5.41, 5.74) is 0. The first-order valence-corrected chi connectivity index (χ1v) is 5.50. The molecule has 0 saturated carbocycles. The summed E-state index contributed by atoms with van der Waals surface area (Å²) in [6.07, 6.45) is 2.14. The molecule has 1 saturated heterocycles. The molecule has 1 heterocycles. The van der Waals surface area contributed by atoms with Gasteiger partial charge in [0.05, 0.1) is 7.11 Å². The van der Waals surface area contributed by atoms with Crippen LogP contribution in [0.3, 0.4) is 0 Å². The van der Waals surface area contributed by atoms with E-state index in [2.05, 4.69) is 5.32 Å². The molecule has 0 spiro atoms. The van der Waals surface area contributed by atoms with Crippen LogP contribution in [0.2, 0.25) is 0 Å². The van der Waals surface area contributed by atoms with E-state index in [9.17, 15) is 4.39 Å². The molecule has 0 radical (unpaired) electrons. The van der Waals surface area contributed by atoms with E-state index in [0.717, 1.165) is 25.9 Å². The molecule has 2 rings (SSSR count). The predicted octanol–water partition coefficient (Wildman–Crippen LogP) is 1.97. The van der Waals surface area contributed by atoms with Crippen LogP contribution in [-0.4, -0.2) is 26.3 Å². The van der Waals surface area contributed by atoms with Crippen molar-refractivity contribution in [2.75, 3.05) is 20.2 Å². The molecule has 16 heavy (non-hydrogen) atoms. The van der Waals surface area contributed by atoms with E-state index in [1.54, 1.807) is 6.07 Å². The zero-order valence-electron chi connectivity index (χ0n) is 9.33. The fourth-order valence-corrected chi connectivity index (χ4v) is 1.83. The van der Waals surface area contributed by atoms with E-state index in [-0.39, 0.29) is 11.9 Å². The highest BCUT2D eigenvalue weighted by Gasteiger charge is 2.16. The van der Waals surface area contributed by atoms with E-state index in [0.29, 0.717) is 11.5 Å². The number of rotatable bonds is 3. The number of piperidine rings is 1. The molecule has 3 nitrogen and oxygen atoms in total. The monoisotopic (exact) mass is 225 g/mol. The van der Waals surface area contributed by atoms with Gasteiger partial charge in [-0.2, -0.15) is 0 Å². The van der Waals surface area contributed by atoms with Crippen molar-refractivity contribution in [1.29, 1.82) is 0 Å². The van der Waals surface area contributed by atoms with E-state index < -0.39 is 0 Å². The molecule has 1 N–H and O–H groups in total. The lowest BCUT2D eigenvalue weighted by atomic mass is 10.1. The van der Waals surface area contributed by atoms with Gasteiger partial charge in [-0.05, 0) is 38.1 Å². The minimum Gasteiger partial charge on any atom is -0.493 e. The fraction of sp³-hybridized carbons (Fsp3) is 0.500. The number of benzene rings is 1. The molecule has 1 aliphatic rings. The van der Waals surface area contributed by atoms with Crippen LogP contribution in [0.15, 0.2) is 18.2 Å². The lowest BCUT2D eigenvalue weighted by Gasteiger charge is -2.24. The lowest BCUT2D eigenvalue weighted by molar-refractivity contribution is 0.156. The maximum Gasteiger partial charge on any atom is 0.163 e. The van der Waals surface area contributed by atoms with Gasteiger partial charge in [-0.3, -0.25) is 0 Å². The molecular weight excluding hydrogens is 209 g/mol. The van der Waals surface area contributed by atoms with Crippen molar-refractivity contribution in [3.8, 4) is 11.5 Å². The van der Waals surface area contributed by atoms with Gasteiger partial charge in [0.1, 0.15) is 11.9 Å². The first-order chi connectivity index (χ1) is 7.79. The maximum atomic E-state index is 13.0. The predicted molar refractivity (Wildman–Crippen MR) is 59.5 cm³/mol. The molecule has 1 fully saturated rings. The van der Waals surface area contributed by atoms with Crippen molar-refractivity contribution in [2.45, 2.75) is 18.9 Å². The summed E-state index contributed by atoms with van der Waals surface area (Å²) < 4.78 is 23.9. The fourth-order valence-electron chi connectivity index (χ4n) is 1.83. The highest BCUT2D eigenvalue weighted by atomic mass is 19.1. The Morgan fingerprint density at radius 3 is 2.69 bits per heavy atom. The Kier molecular flexibility index (Phi) is 3.62. The van der Waals surface area contributed by atoms with E-state index in [1.807, 2.05) is 0 Å². The van der Waals surface area contributed by atoms with Crippen molar-refractivity contribution in [3.63, 3.8) is 0 Å². The highest BCUT2D eigenvalue weighted by molar-refractivity contribution is 5.40. The number of methoxy groups -OCH3 is 1. The molecule has 1 aromatic carbocycles. The molecule has 0 atom stereocenters. The summed E-state index contributed by atoms with van der Waals surface area (Å²) in [6, 6.07) is 4.35. The summed E-state index contributed by atoms with van der Waals surface area (Å²) in [5, 5.41) is 3.27. The third-order valence-corrected chi connectivity index (χ3v) is 2.71. The molecule has 1 aromatic rings. The number of ether oxygens (including phenoxy) is 2. The summed E-state index contributed by atoms with van der Waals surface area (Å²) in [5.74, 6) is 0.767. The average Bonchev–Trinajstić information content (AvgIpc) is 2.33. The van der Waals surface area contributed by atoms with Crippen molar-refractivity contribution in [3.05, 3.63) is 24.0 Å². The van der Waals surface area contributed by atoms with Crippen molar-refractivity contribution in [2.24, 2.45) is 0 Å². The Hall–Kier alpha value is -1.29. The third kappa shape index (κ3) is 2.64. The lowest BCUT2D eigenvalue weighted by Crippen LogP contribution is -2.34. The quantitative estimate of drug-likeness (QED) is 0.853. The Balaban J connectivity index is 2.07. The number of halogens is 1. The van der Waals surface area contributed by atoms with Crippen LogP contribution < -0.4 is 14.8 Å². The molecule has 4 heteroatoms. The summed E-state index contributed by atoms with van der Waals surface area (Å²) in [6.45, 7) is 1.93. The van der Waals surface area contributed by atoms with Crippen LogP contribution >= 0.6 is 0 Å². The van der Waals surface area contributed by atoms with Gasteiger partial charge < -0.3 is 14.8 Å². The number of hydrogen-bond donors (Lipinski definition) is 1. The molecule has 0 aromatic heterocycles. The van der Waals surface area contributed by atoms with Crippen LogP contribution in [0.5, 0.6) is 11.5 Å². The molecule has 0 bridgehead atoms. The van der Waals surface area contributed by atoms with Crippen LogP contribution in [0.25, 0.3) is 0 Å². The summed E-state index contributed by atoms with van der Waals surface area (Å²) in [7, 11) is 1.52. The van der Waals surface area contributed by atoms with Gasteiger partial charge in [-0.1, -0.05) is 0 Å². The van der Waals surface area contributed by atoms with Crippen LogP contribution in [0.1, 0.15) is 12.8 Å². The first-order valence-electron chi connectivity index (χ1n) is 5.50. The highest BCUT2D eigenvalue weighted by Crippen LogP contribution is 2.29. The van der Waals surface area contributed by atoms with Gasteiger partial charge in [-0.25, -0.2) is 4.39 Å². The van der Waals surface area contributed by atoms with Crippen molar-refractivity contribution >= 4 is 0 Å². The van der Waals surface area contributed by atoms with E-state index in [4.69, 9.17) is 9.47 Å². The second-order valence-corrected chi connectivity index (χ2v) is 3.86. The Morgan fingerprint density at radius 2 is 2.00 bits per heavy atom. The number of nitrogens with one attached hydrogen (secondary N) is 1. The van der Waals surface area contributed by atoms with Gasteiger partial charge in [-0.15, -0.1) is 0 Å². The second-order valence-electron chi connectivity index (χ2n) is 3.86. The third-order valence-electron chi connectivity index (χ3n) is 2.71. The minimum atomic E-state index is -0.311. The minimum absolute atomic E-state index is 0.195. The summed E-state index contributed by atoms with van der Waals surface area (Å²) >= 11 is 0. The van der Waals surface area contributed by atoms with Crippen molar-refractivity contribution in [1.82, 2.24) is 5.32 Å². The zero-order valence-corrected chi connectivity index (χ0v) is 9.33. The topological polar surface area (TPSA) is 30.5 Å². The Morgan fingerprint density at radius 1 is 1.25 bits per heavy atom.